The predicted molar refractivity (Wildman–Crippen MR) is 108 cm³/mol. The molecule has 6 heteroatoms. The van der Waals surface area contributed by atoms with Crippen LogP contribution in [0.2, 0.25) is 0 Å². The molecule has 2 unspecified atom stereocenters. The van der Waals surface area contributed by atoms with E-state index in [2.05, 4.69) is 33.2 Å². The van der Waals surface area contributed by atoms with Crippen molar-refractivity contribution >= 4 is 10.9 Å². The molecule has 4 aromatic rings. The zero-order chi connectivity index (χ0) is 19.8. The van der Waals surface area contributed by atoms with E-state index in [0.29, 0.717) is 35.7 Å². The second-order valence-electron chi connectivity index (χ2n) is 7.31. The van der Waals surface area contributed by atoms with E-state index >= 15 is 0 Å². The number of fused-ring (bicyclic) bond motifs is 1. The number of benzene rings is 1. The average molecular weight is 386 g/mol. The number of ether oxygens (including phenoxy) is 1. The van der Waals surface area contributed by atoms with Gasteiger partial charge in [0.05, 0.1) is 17.7 Å². The third-order valence-corrected chi connectivity index (χ3v) is 5.24. The van der Waals surface area contributed by atoms with Gasteiger partial charge < -0.3 is 4.74 Å². The fraction of sp³-hybridized carbons (Fsp3) is 0.217. The Morgan fingerprint density at radius 3 is 2.83 bits per heavy atom. The van der Waals surface area contributed by atoms with Gasteiger partial charge in [-0.15, -0.1) is 0 Å². The van der Waals surface area contributed by atoms with Gasteiger partial charge in [-0.1, -0.05) is 24.3 Å². The van der Waals surface area contributed by atoms with Gasteiger partial charge in [-0.2, -0.15) is 4.98 Å². The minimum atomic E-state index is -0.422. The fourth-order valence-electron chi connectivity index (χ4n) is 3.57. The maximum atomic E-state index is 14.2. The first kappa shape index (κ1) is 17.7. The summed E-state index contributed by atoms with van der Waals surface area (Å²) in [5.74, 6) is 1.25. The van der Waals surface area contributed by atoms with Crippen LogP contribution in [0.5, 0.6) is 5.88 Å². The summed E-state index contributed by atoms with van der Waals surface area (Å²) in [4.78, 5) is 17.5. The van der Waals surface area contributed by atoms with Gasteiger partial charge in [0.25, 0.3) is 0 Å². The number of nitrogens with zero attached hydrogens (tertiary/aromatic N) is 4. The van der Waals surface area contributed by atoms with Crippen molar-refractivity contribution in [2.75, 3.05) is 6.61 Å². The predicted octanol–water partition coefficient (Wildman–Crippen LogP) is 4.72. The van der Waals surface area contributed by atoms with E-state index in [9.17, 15) is 4.39 Å². The van der Waals surface area contributed by atoms with Crippen molar-refractivity contribution in [3.63, 3.8) is 0 Å². The molecular formula is C23H19FN4O. The molecule has 0 amide bonds. The standard InChI is InChI=1S/C23H19FN4O/c1-14-26-12-18(22-19(24)6-4-10-25-22)23(27-14)29-13-16-11-17(16)21-9-8-15-5-2-3-7-20(15)28-21/h2-10,12,16-17H,11,13H2,1H3. The molecule has 5 rings (SSSR count). The summed E-state index contributed by atoms with van der Waals surface area (Å²) in [6.45, 7) is 2.28. The third kappa shape index (κ3) is 3.53. The summed E-state index contributed by atoms with van der Waals surface area (Å²) in [6.07, 6.45) is 4.13. The topological polar surface area (TPSA) is 60.8 Å². The van der Waals surface area contributed by atoms with E-state index in [1.807, 2.05) is 18.2 Å². The lowest BCUT2D eigenvalue weighted by Gasteiger charge is -2.11. The Morgan fingerprint density at radius 2 is 1.93 bits per heavy atom. The highest BCUT2D eigenvalue weighted by Crippen LogP contribution is 2.47. The van der Waals surface area contributed by atoms with E-state index in [4.69, 9.17) is 9.72 Å². The number of hydrogen-bond acceptors (Lipinski definition) is 5. The van der Waals surface area contributed by atoms with Crippen molar-refractivity contribution in [3.05, 3.63) is 78.3 Å². The van der Waals surface area contributed by atoms with E-state index < -0.39 is 5.82 Å². The molecular weight excluding hydrogens is 367 g/mol. The lowest BCUT2D eigenvalue weighted by atomic mass is 10.1. The molecule has 2 atom stereocenters. The van der Waals surface area contributed by atoms with E-state index in [0.717, 1.165) is 23.0 Å². The van der Waals surface area contributed by atoms with Gasteiger partial charge in [-0.3, -0.25) is 9.97 Å². The summed E-state index contributed by atoms with van der Waals surface area (Å²) >= 11 is 0. The summed E-state index contributed by atoms with van der Waals surface area (Å²) in [6, 6.07) is 15.2. The Kier molecular flexibility index (Phi) is 4.39. The second kappa shape index (κ2) is 7.20. The zero-order valence-electron chi connectivity index (χ0n) is 15.9. The highest BCUT2D eigenvalue weighted by Gasteiger charge is 2.40. The molecule has 0 spiro atoms. The highest BCUT2D eigenvalue weighted by atomic mass is 19.1. The quantitative estimate of drug-likeness (QED) is 0.497. The van der Waals surface area contributed by atoms with Crippen molar-refractivity contribution < 1.29 is 9.13 Å². The maximum absolute atomic E-state index is 14.2. The molecule has 3 aromatic heterocycles. The molecule has 3 heterocycles. The van der Waals surface area contributed by atoms with Crippen LogP contribution in [-0.4, -0.2) is 26.5 Å². The highest BCUT2D eigenvalue weighted by molar-refractivity contribution is 5.78. The van der Waals surface area contributed by atoms with Crippen LogP contribution >= 0.6 is 0 Å². The average Bonchev–Trinajstić information content (AvgIpc) is 3.52. The molecule has 29 heavy (non-hydrogen) atoms. The SMILES string of the molecule is Cc1ncc(-c2ncccc2F)c(OCC2CC2c2ccc3ccccc3n2)n1. The first-order chi connectivity index (χ1) is 14.2. The number of halogens is 1. The number of rotatable bonds is 5. The van der Waals surface area contributed by atoms with Crippen LogP contribution in [0.1, 0.15) is 23.9 Å². The lowest BCUT2D eigenvalue weighted by molar-refractivity contribution is 0.285. The fourth-order valence-corrected chi connectivity index (χ4v) is 3.57. The van der Waals surface area contributed by atoms with Gasteiger partial charge in [0, 0.05) is 35.3 Å². The number of pyridine rings is 2. The number of aryl methyl sites for hydroxylation is 1. The Balaban J connectivity index is 1.33. The van der Waals surface area contributed by atoms with Gasteiger partial charge in [0.2, 0.25) is 5.88 Å². The van der Waals surface area contributed by atoms with E-state index in [-0.39, 0.29) is 5.69 Å². The van der Waals surface area contributed by atoms with Crippen molar-refractivity contribution in [1.29, 1.82) is 0 Å². The number of aromatic nitrogens is 4. The minimum absolute atomic E-state index is 0.200. The van der Waals surface area contributed by atoms with Crippen LogP contribution in [0, 0.1) is 18.7 Å². The molecule has 0 aliphatic heterocycles. The molecule has 1 aromatic carbocycles. The molecule has 1 fully saturated rings. The minimum Gasteiger partial charge on any atom is -0.477 e. The van der Waals surface area contributed by atoms with Gasteiger partial charge in [-0.25, -0.2) is 9.37 Å². The Hall–Kier alpha value is -3.41. The van der Waals surface area contributed by atoms with Crippen molar-refractivity contribution in [3.8, 4) is 17.1 Å². The third-order valence-electron chi connectivity index (χ3n) is 5.24. The first-order valence-corrected chi connectivity index (χ1v) is 9.62. The first-order valence-electron chi connectivity index (χ1n) is 9.62. The van der Waals surface area contributed by atoms with Gasteiger partial charge in [0.1, 0.15) is 17.3 Å². The van der Waals surface area contributed by atoms with Crippen LogP contribution in [0.3, 0.4) is 0 Å². The maximum Gasteiger partial charge on any atom is 0.226 e. The molecule has 144 valence electrons. The Labute approximate surface area is 167 Å². The number of para-hydroxylation sites is 1. The largest absolute Gasteiger partial charge is 0.477 e. The molecule has 1 aliphatic rings. The van der Waals surface area contributed by atoms with Crippen molar-refractivity contribution in [2.24, 2.45) is 5.92 Å². The van der Waals surface area contributed by atoms with E-state index in [1.54, 1.807) is 25.4 Å². The second-order valence-corrected chi connectivity index (χ2v) is 7.31. The summed E-state index contributed by atoms with van der Waals surface area (Å²) in [5.41, 5.74) is 2.77. The van der Waals surface area contributed by atoms with Crippen molar-refractivity contribution in [1.82, 2.24) is 19.9 Å². The van der Waals surface area contributed by atoms with Crippen LogP contribution in [0.15, 0.2) is 60.9 Å². The molecule has 5 nitrogen and oxygen atoms in total. The zero-order valence-corrected chi connectivity index (χ0v) is 15.9. The molecule has 0 bridgehead atoms. The van der Waals surface area contributed by atoms with Gasteiger partial charge in [-0.05, 0) is 37.6 Å². The van der Waals surface area contributed by atoms with Gasteiger partial charge in [0.15, 0.2) is 0 Å². The van der Waals surface area contributed by atoms with Crippen LogP contribution < -0.4 is 4.74 Å². The van der Waals surface area contributed by atoms with Crippen LogP contribution in [0.4, 0.5) is 4.39 Å². The number of hydrogen-bond donors (Lipinski definition) is 0. The summed E-state index contributed by atoms with van der Waals surface area (Å²) < 4.78 is 20.2. The molecule has 0 radical (unpaired) electrons. The van der Waals surface area contributed by atoms with Crippen molar-refractivity contribution in [2.45, 2.75) is 19.3 Å². The van der Waals surface area contributed by atoms with Crippen LogP contribution in [-0.2, 0) is 0 Å². The molecule has 1 aliphatic carbocycles. The normalized spacial score (nSPS) is 18.0. The summed E-state index contributed by atoms with van der Waals surface area (Å²) in [5, 5.41) is 1.14. The Bertz CT molecular complexity index is 1200. The smallest absolute Gasteiger partial charge is 0.226 e. The molecule has 1 saturated carbocycles. The summed E-state index contributed by atoms with van der Waals surface area (Å²) in [7, 11) is 0. The monoisotopic (exact) mass is 386 g/mol. The Morgan fingerprint density at radius 1 is 1.03 bits per heavy atom. The molecule has 0 saturated heterocycles. The molecule has 0 N–H and O–H groups in total. The lowest BCUT2D eigenvalue weighted by Crippen LogP contribution is -2.06. The van der Waals surface area contributed by atoms with Gasteiger partial charge >= 0.3 is 0 Å². The van der Waals surface area contributed by atoms with Crippen LogP contribution in [0.25, 0.3) is 22.2 Å². The van der Waals surface area contributed by atoms with E-state index in [1.165, 1.54) is 6.07 Å².